The molecule has 0 aromatic heterocycles. The van der Waals surface area contributed by atoms with Gasteiger partial charge >= 0.3 is 0 Å². The molecule has 0 unspecified atom stereocenters. The highest BCUT2D eigenvalue weighted by atomic mass is 79.9. The van der Waals surface area contributed by atoms with Crippen molar-refractivity contribution >= 4 is 15.9 Å². The molecule has 0 atom stereocenters. The summed E-state index contributed by atoms with van der Waals surface area (Å²) < 4.78 is 24.8. The van der Waals surface area contributed by atoms with Crippen LogP contribution in [0, 0.1) is 5.41 Å². The van der Waals surface area contributed by atoms with Crippen LogP contribution in [-0.4, -0.2) is 11.3 Å². The fourth-order valence-electron chi connectivity index (χ4n) is 0.888. The molecule has 0 aliphatic carbocycles. The van der Waals surface area contributed by atoms with Crippen molar-refractivity contribution in [1.29, 1.82) is 0 Å². The van der Waals surface area contributed by atoms with Gasteiger partial charge in [-0.05, 0) is 12.3 Å². The zero-order valence-electron chi connectivity index (χ0n) is 6.55. The Hall–Kier alpha value is 0.340. The van der Waals surface area contributed by atoms with Gasteiger partial charge < -0.3 is 0 Å². The van der Waals surface area contributed by atoms with Gasteiger partial charge in [0.1, 0.15) is 0 Å². The first-order valence-electron chi connectivity index (χ1n) is 3.21. The largest absolute Gasteiger partial charge is 0.245 e. The van der Waals surface area contributed by atoms with Crippen LogP contribution in [0.15, 0.2) is 0 Å². The monoisotopic (exact) mass is 214 g/mol. The van der Waals surface area contributed by atoms with E-state index in [4.69, 9.17) is 0 Å². The number of halogens is 3. The predicted molar refractivity (Wildman–Crippen MR) is 42.8 cm³/mol. The molecule has 3 heteroatoms. The molecule has 0 rings (SSSR count). The van der Waals surface area contributed by atoms with E-state index in [0.29, 0.717) is 5.33 Å². The fraction of sp³-hybridized carbons (Fsp3) is 1.00. The maximum Gasteiger partial charge on any atom is 0.245 e. The second-order valence-corrected chi connectivity index (χ2v) is 4.11. The van der Waals surface area contributed by atoms with Gasteiger partial charge in [0.05, 0.1) is 0 Å². The highest BCUT2D eigenvalue weighted by Gasteiger charge is 2.30. The van der Waals surface area contributed by atoms with Crippen LogP contribution in [0.25, 0.3) is 0 Å². The molecule has 0 nitrogen and oxygen atoms in total. The van der Waals surface area contributed by atoms with Gasteiger partial charge in [-0.3, -0.25) is 0 Å². The van der Waals surface area contributed by atoms with Crippen molar-refractivity contribution in [3.05, 3.63) is 0 Å². The predicted octanol–water partition coefficient (Wildman–Crippen LogP) is 3.45. The van der Waals surface area contributed by atoms with E-state index in [1.165, 1.54) is 0 Å². The lowest BCUT2D eigenvalue weighted by Crippen LogP contribution is -2.24. The molecule has 0 aliphatic heterocycles. The summed E-state index contributed by atoms with van der Waals surface area (Å²) in [6, 6.07) is 0. The van der Waals surface area contributed by atoms with Crippen LogP contribution in [0.1, 0.15) is 27.2 Å². The minimum atomic E-state index is -2.54. The van der Waals surface area contributed by atoms with Crippen LogP contribution < -0.4 is 0 Å². The smallest absolute Gasteiger partial charge is 0.207 e. The first-order valence-corrected chi connectivity index (χ1v) is 4.33. The molecule has 0 saturated carbocycles. The van der Waals surface area contributed by atoms with Gasteiger partial charge in [-0.15, -0.1) is 0 Å². The summed E-state index contributed by atoms with van der Waals surface area (Å²) in [5.74, 6) is -2.54. The van der Waals surface area contributed by atoms with Crippen molar-refractivity contribution < 1.29 is 8.78 Å². The highest BCUT2D eigenvalue weighted by Crippen LogP contribution is 2.32. The summed E-state index contributed by atoms with van der Waals surface area (Å²) in [4.78, 5) is 0. The molecule has 0 heterocycles. The third-order valence-corrected chi connectivity index (χ3v) is 2.67. The normalized spacial score (nSPS) is 13.8. The van der Waals surface area contributed by atoms with E-state index >= 15 is 0 Å². The van der Waals surface area contributed by atoms with Crippen molar-refractivity contribution in [3.63, 3.8) is 0 Å². The molecular formula is C7H13BrF2. The summed E-state index contributed by atoms with van der Waals surface area (Å²) in [5.41, 5.74) is -0.307. The number of rotatable bonds is 3. The quantitative estimate of drug-likeness (QED) is 0.632. The lowest BCUT2D eigenvalue weighted by molar-refractivity contribution is -0.0156. The van der Waals surface area contributed by atoms with Crippen molar-refractivity contribution in [1.82, 2.24) is 0 Å². The summed E-state index contributed by atoms with van der Waals surface area (Å²) in [6.07, 6.45) is -0.0642. The van der Waals surface area contributed by atoms with Crippen LogP contribution in [-0.2, 0) is 0 Å². The Morgan fingerprint density at radius 3 is 1.70 bits per heavy atom. The summed E-state index contributed by atoms with van der Waals surface area (Å²) in [5, 5.41) is 0.615. The van der Waals surface area contributed by atoms with Gasteiger partial charge in [-0.25, -0.2) is 8.78 Å². The minimum Gasteiger partial charge on any atom is -0.207 e. The standard InChI is InChI=1S/C7H13BrF2/c1-6(2,5-8)4-7(3,9)10/h4-5H2,1-3H3. The third-order valence-electron chi connectivity index (χ3n) is 1.15. The Bertz CT molecular complexity index is 105. The van der Waals surface area contributed by atoms with Crippen molar-refractivity contribution in [2.24, 2.45) is 5.41 Å². The van der Waals surface area contributed by atoms with E-state index in [1.807, 2.05) is 13.8 Å². The van der Waals surface area contributed by atoms with E-state index in [0.717, 1.165) is 6.92 Å². The summed E-state index contributed by atoms with van der Waals surface area (Å²) in [6.45, 7) is 4.59. The average molecular weight is 215 g/mol. The molecule has 0 aliphatic rings. The zero-order chi connectivity index (χ0) is 8.41. The Balaban J connectivity index is 3.89. The van der Waals surface area contributed by atoms with E-state index in [-0.39, 0.29) is 11.8 Å². The second-order valence-electron chi connectivity index (χ2n) is 3.54. The molecule has 0 saturated heterocycles. The minimum absolute atomic E-state index is 0.0642. The maximum atomic E-state index is 12.4. The summed E-state index contributed by atoms with van der Waals surface area (Å²) in [7, 11) is 0. The maximum absolute atomic E-state index is 12.4. The Labute approximate surface area is 69.1 Å². The highest BCUT2D eigenvalue weighted by molar-refractivity contribution is 9.09. The molecule has 10 heavy (non-hydrogen) atoms. The molecule has 0 spiro atoms. The van der Waals surface area contributed by atoms with E-state index in [2.05, 4.69) is 15.9 Å². The average Bonchev–Trinajstić information content (AvgIpc) is 1.60. The number of alkyl halides is 3. The molecule has 62 valence electrons. The van der Waals surface area contributed by atoms with Crippen LogP contribution in [0.2, 0.25) is 0 Å². The van der Waals surface area contributed by atoms with Gasteiger partial charge in [0.15, 0.2) is 0 Å². The Kier molecular flexibility index (Phi) is 3.27. The first-order chi connectivity index (χ1) is 4.27. The second kappa shape index (κ2) is 3.16. The summed E-state index contributed by atoms with van der Waals surface area (Å²) >= 11 is 3.19. The van der Waals surface area contributed by atoms with Crippen molar-refractivity contribution in [2.45, 2.75) is 33.1 Å². The van der Waals surface area contributed by atoms with Crippen LogP contribution in [0.3, 0.4) is 0 Å². The lowest BCUT2D eigenvalue weighted by Gasteiger charge is -2.24. The van der Waals surface area contributed by atoms with E-state index in [9.17, 15) is 8.78 Å². The van der Waals surface area contributed by atoms with Gasteiger partial charge in [-0.2, -0.15) is 0 Å². The van der Waals surface area contributed by atoms with Crippen LogP contribution in [0.5, 0.6) is 0 Å². The third kappa shape index (κ3) is 5.15. The van der Waals surface area contributed by atoms with Crippen molar-refractivity contribution in [2.75, 3.05) is 5.33 Å². The van der Waals surface area contributed by atoms with Crippen LogP contribution >= 0.6 is 15.9 Å². The van der Waals surface area contributed by atoms with Gasteiger partial charge in [0.2, 0.25) is 5.92 Å². The Morgan fingerprint density at radius 2 is 1.60 bits per heavy atom. The molecular weight excluding hydrogens is 202 g/mol. The van der Waals surface area contributed by atoms with E-state index in [1.54, 1.807) is 0 Å². The van der Waals surface area contributed by atoms with Crippen LogP contribution in [0.4, 0.5) is 8.78 Å². The zero-order valence-corrected chi connectivity index (χ0v) is 8.13. The van der Waals surface area contributed by atoms with E-state index < -0.39 is 5.92 Å². The molecule has 0 N–H and O–H groups in total. The molecule has 0 bridgehead atoms. The Morgan fingerprint density at radius 1 is 1.20 bits per heavy atom. The molecule has 0 fully saturated rings. The molecule has 0 amide bonds. The molecule has 0 aromatic rings. The SMILES string of the molecule is CC(F)(F)CC(C)(C)CBr. The topological polar surface area (TPSA) is 0 Å². The number of hydrogen-bond acceptors (Lipinski definition) is 0. The van der Waals surface area contributed by atoms with Crippen molar-refractivity contribution in [3.8, 4) is 0 Å². The van der Waals surface area contributed by atoms with Gasteiger partial charge in [-0.1, -0.05) is 29.8 Å². The fourth-order valence-corrected chi connectivity index (χ4v) is 1.09. The molecule has 0 radical (unpaired) electrons. The van der Waals surface area contributed by atoms with Gasteiger partial charge in [0, 0.05) is 11.8 Å². The lowest BCUT2D eigenvalue weighted by atomic mass is 9.89. The first kappa shape index (κ1) is 10.3. The number of hydrogen-bond donors (Lipinski definition) is 0. The van der Waals surface area contributed by atoms with Gasteiger partial charge in [0.25, 0.3) is 0 Å². The molecule has 0 aromatic carbocycles.